The van der Waals surface area contributed by atoms with E-state index in [0.29, 0.717) is 22.3 Å². The van der Waals surface area contributed by atoms with E-state index >= 15 is 0 Å². The van der Waals surface area contributed by atoms with Gasteiger partial charge in [0.1, 0.15) is 0 Å². The second kappa shape index (κ2) is 6.39. The van der Waals surface area contributed by atoms with Crippen LogP contribution in [0.1, 0.15) is 6.42 Å². The highest BCUT2D eigenvalue weighted by Crippen LogP contribution is 2.28. The minimum absolute atomic E-state index is 0.00940. The van der Waals surface area contributed by atoms with Crippen molar-refractivity contribution in [3.8, 4) is 12.3 Å². The zero-order valence-electron chi connectivity index (χ0n) is 8.99. The van der Waals surface area contributed by atoms with Crippen molar-refractivity contribution in [3.63, 3.8) is 0 Å². The summed E-state index contributed by atoms with van der Waals surface area (Å²) in [6, 6.07) is 4.99. The van der Waals surface area contributed by atoms with Crippen LogP contribution in [0.4, 0.5) is 5.69 Å². The summed E-state index contributed by atoms with van der Waals surface area (Å²) < 4.78 is 0. The number of carbonyl (C=O) groups is 1. The minimum atomic E-state index is -0.884. The molecule has 1 aromatic carbocycles. The molecule has 0 aliphatic heterocycles. The molecule has 0 radical (unpaired) electrons. The number of benzene rings is 1. The molecule has 0 aliphatic carbocycles. The Bertz CT molecular complexity index is 454. The maximum absolute atomic E-state index is 10.6. The zero-order valence-corrected chi connectivity index (χ0v) is 10.5. The van der Waals surface area contributed by atoms with Crippen LogP contribution in [0.15, 0.2) is 18.2 Å². The molecule has 1 aromatic rings. The van der Waals surface area contributed by atoms with Gasteiger partial charge in [0.2, 0.25) is 0 Å². The molecular formula is C12H11Cl2NO2. The van der Waals surface area contributed by atoms with E-state index in [1.807, 2.05) is 0 Å². The van der Waals surface area contributed by atoms with E-state index in [9.17, 15) is 4.79 Å². The van der Waals surface area contributed by atoms with Crippen molar-refractivity contribution in [1.82, 2.24) is 0 Å². The van der Waals surface area contributed by atoms with Gasteiger partial charge in [-0.15, -0.1) is 6.42 Å². The highest BCUT2D eigenvalue weighted by molar-refractivity contribution is 6.35. The second-order valence-corrected chi connectivity index (χ2v) is 4.21. The first-order valence-corrected chi connectivity index (χ1v) is 5.65. The van der Waals surface area contributed by atoms with Crippen molar-refractivity contribution in [1.29, 1.82) is 0 Å². The summed E-state index contributed by atoms with van der Waals surface area (Å²) >= 11 is 11.9. The molecule has 0 aliphatic rings. The highest BCUT2D eigenvalue weighted by Gasteiger charge is 2.11. The van der Waals surface area contributed by atoms with E-state index in [0.717, 1.165) is 0 Å². The van der Waals surface area contributed by atoms with Crippen LogP contribution in [0.25, 0.3) is 0 Å². The molecule has 0 atom stereocenters. The summed E-state index contributed by atoms with van der Waals surface area (Å²) in [7, 11) is 0. The SMILES string of the molecule is C#CCN(CCC(=O)O)c1cc(Cl)ccc1Cl. The Morgan fingerprint density at radius 2 is 2.18 bits per heavy atom. The molecular weight excluding hydrogens is 261 g/mol. The molecule has 3 nitrogen and oxygen atoms in total. The van der Waals surface area contributed by atoms with Gasteiger partial charge in [-0.3, -0.25) is 4.79 Å². The lowest BCUT2D eigenvalue weighted by molar-refractivity contribution is -0.136. The maximum Gasteiger partial charge on any atom is 0.305 e. The van der Waals surface area contributed by atoms with Crippen LogP contribution in [-0.4, -0.2) is 24.2 Å². The van der Waals surface area contributed by atoms with E-state index in [2.05, 4.69) is 5.92 Å². The fraction of sp³-hybridized carbons (Fsp3) is 0.250. The molecule has 0 heterocycles. The van der Waals surface area contributed by atoms with Crippen molar-refractivity contribution in [3.05, 3.63) is 28.2 Å². The molecule has 1 N–H and O–H groups in total. The van der Waals surface area contributed by atoms with Gasteiger partial charge in [-0.25, -0.2) is 0 Å². The third-order valence-corrected chi connectivity index (χ3v) is 2.68. The minimum Gasteiger partial charge on any atom is -0.481 e. The Labute approximate surface area is 110 Å². The van der Waals surface area contributed by atoms with E-state index in [-0.39, 0.29) is 13.0 Å². The summed E-state index contributed by atoms with van der Waals surface area (Å²) in [6.45, 7) is 0.576. The molecule has 1 rings (SSSR count). The third-order valence-electron chi connectivity index (χ3n) is 2.13. The number of terminal acetylenes is 1. The smallest absolute Gasteiger partial charge is 0.305 e. The van der Waals surface area contributed by atoms with Gasteiger partial charge in [0.15, 0.2) is 0 Å². The average Bonchev–Trinajstić information content (AvgIpc) is 2.27. The number of hydrogen-bond donors (Lipinski definition) is 1. The molecule has 5 heteroatoms. The van der Waals surface area contributed by atoms with Crippen molar-refractivity contribution < 1.29 is 9.90 Å². The molecule has 0 amide bonds. The zero-order chi connectivity index (χ0) is 12.8. The first-order valence-electron chi connectivity index (χ1n) is 4.90. The van der Waals surface area contributed by atoms with Gasteiger partial charge in [0.05, 0.1) is 23.7 Å². The molecule has 90 valence electrons. The van der Waals surface area contributed by atoms with E-state index in [1.54, 1.807) is 23.1 Å². The maximum atomic E-state index is 10.6. The lowest BCUT2D eigenvalue weighted by Gasteiger charge is -2.22. The summed E-state index contributed by atoms with van der Waals surface area (Å²) in [5.41, 5.74) is 0.651. The average molecular weight is 272 g/mol. The number of carboxylic acid groups (broad SMARTS) is 1. The van der Waals surface area contributed by atoms with Crippen LogP contribution in [0.2, 0.25) is 10.0 Å². The third kappa shape index (κ3) is 4.18. The predicted molar refractivity (Wildman–Crippen MR) is 69.8 cm³/mol. The Morgan fingerprint density at radius 1 is 1.47 bits per heavy atom. The van der Waals surface area contributed by atoms with Crippen LogP contribution in [-0.2, 0) is 4.79 Å². The van der Waals surface area contributed by atoms with E-state index in [4.69, 9.17) is 34.7 Å². The summed E-state index contributed by atoms with van der Waals surface area (Å²) in [6.07, 6.45) is 5.24. The molecule has 0 unspecified atom stereocenters. The van der Waals surface area contributed by atoms with Crippen LogP contribution in [0.3, 0.4) is 0 Å². The highest BCUT2D eigenvalue weighted by atomic mass is 35.5. The van der Waals surface area contributed by atoms with Crippen LogP contribution < -0.4 is 4.90 Å². The first kappa shape index (κ1) is 13.7. The number of nitrogens with zero attached hydrogens (tertiary/aromatic N) is 1. The number of halogens is 2. The topological polar surface area (TPSA) is 40.5 Å². The molecule has 0 aromatic heterocycles. The lowest BCUT2D eigenvalue weighted by Crippen LogP contribution is -2.26. The molecule has 0 bridgehead atoms. The Kier molecular flexibility index (Phi) is 5.14. The summed E-state index contributed by atoms with van der Waals surface area (Å²) in [4.78, 5) is 12.3. The number of rotatable bonds is 5. The standard InChI is InChI=1S/C12H11Cl2NO2/c1-2-6-15(7-5-12(16)17)11-8-9(13)3-4-10(11)14/h1,3-4,8H,5-7H2,(H,16,17). The Balaban J connectivity index is 2.92. The largest absolute Gasteiger partial charge is 0.481 e. The number of anilines is 1. The fourth-order valence-electron chi connectivity index (χ4n) is 1.35. The van der Waals surface area contributed by atoms with Gasteiger partial charge < -0.3 is 10.0 Å². The van der Waals surface area contributed by atoms with Gasteiger partial charge in [0.25, 0.3) is 0 Å². The van der Waals surface area contributed by atoms with Crippen molar-refractivity contribution in [2.24, 2.45) is 0 Å². The van der Waals surface area contributed by atoms with Gasteiger partial charge in [0, 0.05) is 11.6 Å². The van der Waals surface area contributed by atoms with Crippen LogP contribution >= 0.6 is 23.2 Å². The molecule has 17 heavy (non-hydrogen) atoms. The van der Waals surface area contributed by atoms with Gasteiger partial charge in [-0.1, -0.05) is 29.1 Å². The molecule has 0 fully saturated rings. The predicted octanol–water partition coefficient (Wildman–Crippen LogP) is 2.91. The van der Waals surface area contributed by atoms with Gasteiger partial charge in [-0.2, -0.15) is 0 Å². The number of carboxylic acids is 1. The quantitative estimate of drug-likeness (QED) is 0.838. The van der Waals surface area contributed by atoms with Crippen LogP contribution in [0, 0.1) is 12.3 Å². The Morgan fingerprint density at radius 3 is 2.76 bits per heavy atom. The van der Waals surface area contributed by atoms with Crippen molar-refractivity contribution in [2.45, 2.75) is 6.42 Å². The fourth-order valence-corrected chi connectivity index (χ4v) is 1.76. The number of hydrogen-bond acceptors (Lipinski definition) is 2. The summed E-state index contributed by atoms with van der Waals surface area (Å²) in [5.74, 6) is 1.58. The van der Waals surface area contributed by atoms with Crippen molar-refractivity contribution in [2.75, 3.05) is 18.0 Å². The number of aliphatic carboxylic acids is 1. The van der Waals surface area contributed by atoms with Crippen molar-refractivity contribution >= 4 is 34.9 Å². The monoisotopic (exact) mass is 271 g/mol. The second-order valence-electron chi connectivity index (χ2n) is 3.37. The summed E-state index contributed by atoms with van der Waals surface area (Å²) in [5, 5.41) is 9.69. The Hall–Kier alpha value is -1.37. The molecule has 0 saturated heterocycles. The van der Waals surface area contributed by atoms with E-state index in [1.165, 1.54) is 0 Å². The van der Waals surface area contributed by atoms with Gasteiger partial charge >= 0.3 is 5.97 Å². The van der Waals surface area contributed by atoms with Crippen LogP contribution in [0.5, 0.6) is 0 Å². The molecule has 0 spiro atoms. The first-order chi connectivity index (χ1) is 8.04. The normalized spacial score (nSPS) is 9.71. The lowest BCUT2D eigenvalue weighted by atomic mass is 10.2. The molecule has 0 saturated carbocycles. The van der Waals surface area contributed by atoms with Gasteiger partial charge in [-0.05, 0) is 18.2 Å². The van der Waals surface area contributed by atoms with E-state index < -0.39 is 5.97 Å².